The van der Waals surface area contributed by atoms with Gasteiger partial charge >= 0.3 is 0 Å². The molecule has 1 amide bonds. The fourth-order valence-corrected chi connectivity index (χ4v) is 3.27. The molecular weight excluding hydrogens is 320 g/mol. The van der Waals surface area contributed by atoms with Crippen molar-refractivity contribution in [1.82, 2.24) is 5.32 Å². The van der Waals surface area contributed by atoms with E-state index in [0.29, 0.717) is 5.02 Å². The smallest absolute Gasteiger partial charge is 0.241 e. The van der Waals surface area contributed by atoms with Crippen LogP contribution >= 0.6 is 11.6 Å². The number of carbonyl (C=O) groups excluding carboxylic acids is 1. The van der Waals surface area contributed by atoms with Gasteiger partial charge in [-0.1, -0.05) is 47.5 Å². The minimum atomic E-state index is -0.337. The van der Waals surface area contributed by atoms with Gasteiger partial charge in [0.25, 0.3) is 0 Å². The fourth-order valence-electron chi connectivity index (χ4n) is 2.98. The zero-order valence-corrected chi connectivity index (χ0v) is 15.7. The molecule has 128 valence electrons. The molecule has 0 radical (unpaired) electrons. The first-order valence-corrected chi connectivity index (χ1v) is 8.56. The highest BCUT2D eigenvalue weighted by Gasteiger charge is 2.19. The van der Waals surface area contributed by atoms with Crippen molar-refractivity contribution in [3.8, 4) is 0 Å². The van der Waals surface area contributed by atoms with E-state index in [1.165, 1.54) is 5.56 Å². The molecule has 0 aromatic heterocycles. The minimum Gasteiger partial charge on any atom is -0.324 e. The van der Waals surface area contributed by atoms with Crippen LogP contribution in [0, 0.1) is 20.8 Å². The summed E-state index contributed by atoms with van der Waals surface area (Å²) in [7, 11) is 0. The van der Waals surface area contributed by atoms with E-state index >= 15 is 0 Å². The van der Waals surface area contributed by atoms with E-state index in [9.17, 15) is 4.79 Å². The lowest BCUT2D eigenvalue weighted by Gasteiger charge is -2.22. The Morgan fingerprint density at radius 2 is 1.62 bits per heavy atom. The molecule has 0 aliphatic rings. The van der Waals surface area contributed by atoms with E-state index in [1.807, 2.05) is 52.0 Å². The molecule has 2 aromatic carbocycles. The van der Waals surface area contributed by atoms with Crippen molar-refractivity contribution in [2.45, 2.75) is 46.7 Å². The zero-order valence-electron chi connectivity index (χ0n) is 14.9. The first-order valence-electron chi connectivity index (χ1n) is 8.18. The quantitative estimate of drug-likeness (QED) is 0.806. The third kappa shape index (κ3) is 4.37. The van der Waals surface area contributed by atoms with Gasteiger partial charge < -0.3 is 5.32 Å². The topological polar surface area (TPSA) is 41.1 Å². The predicted octanol–water partition coefficient (Wildman–Crippen LogP) is 4.94. The van der Waals surface area contributed by atoms with Crippen LogP contribution < -0.4 is 10.6 Å². The van der Waals surface area contributed by atoms with Gasteiger partial charge in [0.1, 0.15) is 0 Å². The molecule has 0 aliphatic heterocycles. The van der Waals surface area contributed by atoms with Crippen molar-refractivity contribution in [2.24, 2.45) is 0 Å². The largest absolute Gasteiger partial charge is 0.324 e. The van der Waals surface area contributed by atoms with Crippen molar-refractivity contribution in [1.29, 1.82) is 0 Å². The molecule has 2 atom stereocenters. The molecule has 0 unspecified atom stereocenters. The maximum Gasteiger partial charge on any atom is 0.241 e. The molecular formula is C20H25ClN2O. The molecule has 0 fully saturated rings. The Kier molecular flexibility index (Phi) is 6.03. The molecule has 0 aliphatic carbocycles. The van der Waals surface area contributed by atoms with Gasteiger partial charge in [0.2, 0.25) is 5.91 Å². The average molecular weight is 345 g/mol. The van der Waals surface area contributed by atoms with Gasteiger partial charge in [0, 0.05) is 16.8 Å². The second kappa shape index (κ2) is 7.82. The average Bonchev–Trinajstić information content (AvgIpc) is 2.50. The van der Waals surface area contributed by atoms with Crippen LogP contribution in [0.15, 0.2) is 36.4 Å². The van der Waals surface area contributed by atoms with Gasteiger partial charge in [-0.3, -0.25) is 10.1 Å². The summed E-state index contributed by atoms with van der Waals surface area (Å²) in [4.78, 5) is 12.5. The zero-order chi connectivity index (χ0) is 17.9. The van der Waals surface area contributed by atoms with Crippen molar-refractivity contribution in [3.63, 3.8) is 0 Å². The number of benzene rings is 2. The summed E-state index contributed by atoms with van der Waals surface area (Å²) in [6, 6.07) is 11.5. The highest BCUT2D eigenvalue weighted by molar-refractivity contribution is 6.31. The van der Waals surface area contributed by atoms with Crippen LogP contribution in [0.1, 0.15) is 42.1 Å². The van der Waals surface area contributed by atoms with Gasteiger partial charge in [-0.15, -0.1) is 0 Å². The number of hydrogen-bond acceptors (Lipinski definition) is 2. The number of anilines is 1. The highest BCUT2D eigenvalue weighted by Crippen LogP contribution is 2.24. The first-order chi connectivity index (χ1) is 11.3. The van der Waals surface area contributed by atoms with E-state index in [-0.39, 0.29) is 18.0 Å². The van der Waals surface area contributed by atoms with Crippen LogP contribution in [0.5, 0.6) is 0 Å². The molecule has 0 heterocycles. The number of nitrogens with one attached hydrogen (secondary N) is 2. The van der Waals surface area contributed by atoms with Gasteiger partial charge in [0.05, 0.1) is 6.04 Å². The van der Waals surface area contributed by atoms with E-state index in [0.717, 1.165) is 22.4 Å². The standard InChI is InChI=1S/C20H25ClN2O/c1-12-10-13(2)19(14(3)11-12)23-20(24)16(5)22-15(4)17-8-6-7-9-18(17)21/h6-11,15-16,22H,1-5H3,(H,23,24)/t15-,16+/m0/s1. The normalized spacial score (nSPS) is 13.4. The van der Waals surface area contributed by atoms with Crippen molar-refractivity contribution >= 4 is 23.2 Å². The third-order valence-corrected chi connectivity index (χ3v) is 4.53. The number of carbonyl (C=O) groups is 1. The summed E-state index contributed by atoms with van der Waals surface area (Å²) in [6.07, 6.45) is 0. The van der Waals surface area contributed by atoms with Crippen LogP contribution in [0.4, 0.5) is 5.69 Å². The number of rotatable bonds is 5. The summed E-state index contributed by atoms with van der Waals surface area (Å²) in [5.41, 5.74) is 5.23. The highest BCUT2D eigenvalue weighted by atomic mass is 35.5. The SMILES string of the molecule is Cc1cc(C)c(NC(=O)[C@@H](C)N[C@@H](C)c2ccccc2Cl)c(C)c1. The number of hydrogen-bond donors (Lipinski definition) is 2. The van der Waals surface area contributed by atoms with Crippen LogP contribution in [-0.4, -0.2) is 11.9 Å². The molecule has 2 aromatic rings. The molecule has 2 rings (SSSR count). The Morgan fingerprint density at radius 1 is 1.04 bits per heavy atom. The Morgan fingerprint density at radius 3 is 2.21 bits per heavy atom. The van der Waals surface area contributed by atoms with E-state index in [2.05, 4.69) is 29.7 Å². The van der Waals surface area contributed by atoms with E-state index in [4.69, 9.17) is 11.6 Å². The minimum absolute atomic E-state index is 0.0142. The Labute approximate surface area is 149 Å². The van der Waals surface area contributed by atoms with Crippen molar-refractivity contribution in [3.05, 3.63) is 63.7 Å². The summed E-state index contributed by atoms with van der Waals surface area (Å²) >= 11 is 6.23. The number of halogens is 1. The fraction of sp³-hybridized carbons (Fsp3) is 0.350. The van der Waals surface area contributed by atoms with Crippen molar-refractivity contribution < 1.29 is 4.79 Å². The monoisotopic (exact) mass is 344 g/mol. The van der Waals surface area contributed by atoms with Crippen molar-refractivity contribution in [2.75, 3.05) is 5.32 Å². The summed E-state index contributed by atoms with van der Waals surface area (Å²) in [5.74, 6) is -0.0519. The Hall–Kier alpha value is -1.84. The number of amides is 1. The lowest BCUT2D eigenvalue weighted by molar-refractivity contribution is -0.117. The first kappa shape index (κ1) is 18.5. The molecule has 0 saturated heterocycles. The van der Waals surface area contributed by atoms with Crippen LogP contribution in [0.3, 0.4) is 0 Å². The van der Waals surface area contributed by atoms with E-state index < -0.39 is 0 Å². The molecule has 3 nitrogen and oxygen atoms in total. The van der Waals surface area contributed by atoms with E-state index in [1.54, 1.807) is 0 Å². The lowest BCUT2D eigenvalue weighted by atomic mass is 10.0. The molecule has 0 spiro atoms. The van der Waals surface area contributed by atoms with Gasteiger partial charge in [-0.05, 0) is 57.4 Å². The number of aryl methyl sites for hydroxylation is 3. The van der Waals surface area contributed by atoms with Crippen LogP contribution in [-0.2, 0) is 4.79 Å². The molecule has 0 bridgehead atoms. The van der Waals surface area contributed by atoms with Gasteiger partial charge in [-0.25, -0.2) is 0 Å². The second-order valence-corrected chi connectivity index (χ2v) is 6.80. The Balaban J connectivity index is 2.07. The van der Waals surface area contributed by atoms with Gasteiger partial charge in [-0.2, -0.15) is 0 Å². The van der Waals surface area contributed by atoms with Gasteiger partial charge in [0.15, 0.2) is 0 Å². The summed E-state index contributed by atoms with van der Waals surface area (Å²) in [5, 5.41) is 7.06. The molecule has 2 N–H and O–H groups in total. The van der Waals surface area contributed by atoms with Crippen LogP contribution in [0.25, 0.3) is 0 Å². The summed E-state index contributed by atoms with van der Waals surface area (Å²) < 4.78 is 0. The molecule has 4 heteroatoms. The predicted molar refractivity (Wildman–Crippen MR) is 102 cm³/mol. The summed E-state index contributed by atoms with van der Waals surface area (Å²) in [6.45, 7) is 9.95. The Bertz CT molecular complexity index is 719. The maximum absolute atomic E-state index is 12.5. The second-order valence-electron chi connectivity index (χ2n) is 6.39. The van der Waals surface area contributed by atoms with Crippen LogP contribution in [0.2, 0.25) is 5.02 Å². The maximum atomic E-state index is 12.5. The third-order valence-electron chi connectivity index (χ3n) is 4.19. The molecule has 0 saturated carbocycles. The molecule has 24 heavy (non-hydrogen) atoms. The lowest BCUT2D eigenvalue weighted by Crippen LogP contribution is -2.39.